The van der Waals surface area contributed by atoms with E-state index >= 15 is 0 Å². The Kier molecular flexibility index (Phi) is 4.03. The second-order valence-electron chi connectivity index (χ2n) is 6.62. The third-order valence-electron chi connectivity index (χ3n) is 5.30. The summed E-state index contributed by atoms with van der Waals surface area (Å²) in [6, 6.07) is 11.2. The van der Waals surface area contributed by atoms with Crippen LogP contribution in [0.5, 0.6) is 11.5 Å². The molecule has 26 heavy (non-hydrogen) atoms. The van der Waals surface area contributed by atoms with E-state index in [1.165, 1.54) is 13.2 Å². The number of allylic oxidation sites excluding steroid dienone is 2. The van der Waals surface area contributed by atoms with Crippen molar-refractivity contribution in [2.45, 2.75) is 18.4 Å². The summed E-state index contributed by atoms with van der Waals surface area (Å²) in [6.45, 7) is 0. The topological polar surface area (TPSA) is 73.6 Å². The van der Waals surface area contributed by atoms with Gasteiger partial charge >= 0.3 is 0 Å². The summed E-state index contributed by atoms with van der Waals surface area (Å²) < 4.78 is 10.8. The van der Waals surface area contributed by atoms with Gasteiger partial charge < -0.3 is 14.8 Å². The quantitative estimate of drug-likeness (QED) is 0.500. The van der Waals surface area contributed by atoms with Crippen molar-refractivity contribution >= 4 is 11.4 Å². The highest BCUT2D eigenvalue weighted by atomic mass is 16.6. The maximum absolute atomic E-state index is 11.3. The molecule has 1 heterocycles. The van der Waals surface area contributed by atoms with Crippen molar-refractivity contribution in [1.29, 1.82) is 0 Å². The van der Waals surface area contributed by atoms with E-state index < -0.39 is 0 Å². The zero-order chi connectivity index (χ0) is 18.3. The van der Waals surface area contributed by atoms with Crippen LogP contribution in [0.25, 0.3) is 0 Å². The van der Waals surface area contributed by atoms with E-state index in [0.29, 0.717) is 11.7 Å². The van der Waals surface area contributed by atoms with E-state index in [0.717, 1.165) is 29.0 Å². The minimum Gasteiger partial charge on any atom is -0.497 e. The van der Waals surface area contributed by atoms with E-state index in [2.05, 4.69) is 23.5 Å². The van der Waals surface area contributed by atoms with Gasteiger partial charge in [-0.2, -0.15) is 0 Å². The zero-order valence-corrected chi connectivity index (χ0v) is 14.6. The average Bonchev–Trinajstić information content (AvgIpc) is 3.16. The van der Waals surface area contributed by atoms with Gasteiger partial charge in [-0.15, -0.1) is 0 Å². The summed E-state index contributed by atoms with van der Waals surface area (Å²) >= 11 is 0. The number of nitro benzene ring substituents is 1. The molecule has 0 fully saturated rings. The van der Waals surface area contributed by atoms with Crippen LogP contribution in [0.15, 0.2) is 48.6 Å². The molecule has 6 nitrogen and oxygen atoms in total. The Hall–Kier alpha value is -3.02. The fourth-order valence-electron chi connectivity index (χ4n) is 4.08. The van der Waals surface area contributed by atoms with E-state index in [9.17, 15) is 10.1 Å². The van der Waals surface area contributed by atoms with Gasteiger partial charge in [0.1, 0.15) is 11.5 Å². The van der Waals surface area contributed by atoms with Gasteiger partial charge in [-0.3, -0.25) is 10.1 Å². The van der Waals surface area contributed by atoms with Crippen LogP contribution in [0.1, 0.15) is 29.5 Å². The van der Waals surface area contributed by atoms with Gasteiger partial charge in [-0.1, -0.05) is 24.3 Å². The summed E-state index contributed by atoms with van der Waals surface area (Å²) in [5.41, 5.74) is 2.95. The Morgan fingerprint density at radius 1 is 1.19 bits per heavy atom. The van der Waals surface area contributed by atoms with Crippen LogP contribution >= 0.6 is 0 Å². The maximum atomic E-state index is 11.3. The normalized spacial score (nSPS) is 22.9. The largest absolute Gasteiger partial charge is 0.497 e. The molecular weight excluding hydrogens is 332 g/mol. The monoisotopic (exact) mass is 352 g/mol. The summed E-state index contributed by atoms with van der Waals surface area (Å²) in [5.74, 6) is 1.73. The SMILES string of the molecule is COc1cccc([C@@H]2Nc3c(OC)cc([N+](=O)[O-])cc3[C@H]3C=CC[C@H]32)c1. The summed E-state index contributed by atoms with van der Waals surface area (Å²) in [7, 11) is 3.20. The number of benzene rings is 2. The van der Waals surface area contributed by atoms with Crippen LogP contribution in [0.4, 0.5) is 11.4 Å². The van der Waals surface area contributed by atoms with Crippen molar-refractivity contribution in [3.63, 3.8) is 0 Å². The number of nitro groups is 1. The Morgan fingerprint density at radius 2 is 2.04 bits per heavy atom. The number of hydrogen-bond acceptors (Lipinski definition) is 5. The molecule has 1 N–H and O–H groups in total. The van der Waals surface area contributed by atoms with E-state index in [-0.39, 0.29) is 22.6 Å². The molecule has 2 aliphatic rings. The van der Waals surface area contributed by atoms with Crippen molar-refractivity contribution in [2.24, 2.45) is 5.92 Å². The van der Waals surface area contributed by atoms with Crippen molar-refractivity contribution in [3.8, 4) is 11.5 Å². The first-order valence-electron chi connectivity index (χ1n) is 8.56. The molecule has 1 aliphatic heterocycles. The number of non-ortho nitro benzene ring substituents is 1. The third-order valence-corrected chi connectivity index (χ3v) is 5.30. The van der Waals surface area contributed by atoms with E-state index in [1.807, 2.05) is 18.2 Å². The molecule has 1 aliphatic carbocycles. The second kappa shape index (κ2) is 6.37. The molecule has 0 bridgehead atoms. The molecule has 0 radical (unpaired) electrons. The van der Waals surface area contributed by atoms with Crippen LogP contribution in [-0.2, 0) is 0 Å². The Labute approximate surface area is 151 Å². The molecule has 0 spiro atoms. The van der Waals surface area contributed by atoms with Gasteiger partial charge in [-0.25, -0.2) is 0 Å². The lowest BCUT2D eigenvalue weighted by molar-refractivity contribution is -0.385. The van der Waals surface area contributed by atoms with Crippen LogP contribution in [-0.4, -0.2) is 19.1 Å². The first-order valence-corrected chi connectivity index (χ1v) is 8.56. The predicted octanol–water partition coefficient (Wildman–Crippen LogP) is 4.44. The number of rotatable bonds is 4. The maximum Gasteiger partial charge on any atom is 0.273 e. The minimum absolute atomic E-state index is 0.0567. The van der Waals surface area contributed by atoms with Gasteiger partial charge in [-0.05, 0) is 35.6 Å². The molecule has 0 saturated carbocycles. The predicted molar refractivity (Wildman–Crippen MR) is 99.0 cm³/mol. The molecule has 0 unspecified atom stereocenters. The summed E-state index contributed by atoms with van der Waals surface area (Å²) in [6.07, 6.45) is 5.23. The third kappa shape index (κ3) is 2.58. The highest BCUT2D eigenvalue weighted by molar-refractivity contribution is 5.71. The molecule has 134 valence electrons. The zero-order valence-electron chi connectivity index (χ0n) is 14.6. The van der Waals surface area contributed by atoms with Crippen LogP contribution in [0.3, 0.4) is 0 Å². The lowest BCUT2D eigenvalue weighted by Gasteiger charge is -2.38. The number of nitrogens with one attached hydrogen (secondary N) is 1. The number of fused-ring (bicyclic) bond motifs is 3. The standard InChI is InChI=1S/C20H20N2O4/c1-25-14-6-3-5-12(9-14)19-16-8-4-7-15(16)17-10-13(22(23)24)11-18(26-2)20(17)21-19/h3-7,9-11,15-16,19,21H,8H2,1-2H3/t15-,16+,19-/m0/s1. The fraction of sp³-hybridized carbons (Fsp3) is 0.300. The number of nitrogens with zero attached hydrogens (tertiary/aromatic N) is 1. The van der Waals surface area contributed by atoms with Crippen LogP contribution < -0.4 is 14.8 Å². The number of hydrogen-bond donors (Lipinski definition) is 1. The van der Waals surface area contributed by atoms with Gasteiger partial charge in [0, 0.05) is 12.0 Å². The van der Waals surface area contributed by atoms with E-state index in [1.54, 1.807) is 13.2 Å². The molecule has 0 saturated heterocycles. The molecular formula is C20H20N2O4. The highest BCUT2D eigenvalue weighted by Gasteiger charge is 2.40. The van der Waals surface area contributed by atoms with Gasteiger partial charge in [0.25, 0.3) is 5.69 Å². The van der Waals surface area contributed by atoms with Gasteiger partial charge in [0.05, 0.1) is 36.9 Å². The number of anilines is 1. The molecule has 3 atom stereocenters. The smallest absolute Gasteiger partial charge is 0.273 e. The van der Waals surface area contributed by atoms with Crippen molar-refractivity contribution < 1.29 is 14.4 Å². The highest BCUT2D eigenvalue weighted by Crippen LogP contribution is 2.53. The molecule has 4 rings (SSSR count). The second-order valence-corrected chi connectivity index (χ2v) is 6.62. The fourth-order valence-corrected chi connectivity index (χ4v) is 4.08. The van der Waals surface area contributed by atoms with Gasteiger partial charge in [0.15, 0.2) is 0 Å². The molecule has 2 aromatic rings. The average molecular weight is 352 g/mol. The molecule has 6 heteroatoms. The lowest BCUT2D eigenvalue weighted by Crippen LogP contribution is -2.29. The molecule has 2 aromatic carbocycles. The van der Waals surface area contributed by atoms with E-state index in [4.69, 9.17) is 9.47 Å². The first kappa shape index (κ1) is 16.4. The van der Waals surface area contributed by atoms with Crippen LogP contribution in [0, 0.1) is 16.0 Å². The van der Waals surface area contributed by atoms with Crippen LogP contribution in [0.2, 0.25) is 0 Å². The van der Waals surface area contributed by atoms with Gasteiger partial charge in [0.2, 0.25) is 0 Å². The molecule has 0 aromatic heterocycles. The summed E-state index contributed by atoms with van der Waals surface area (Å²) in [4.78, 5) is 10.9. The Balaban J connectivity index is 1.83. The lowest BCUT2D eigenvalue weighted by atomic mass is 9.76. The first-order chi connectivity index (χ1) is 12.6. The summed E-state index contributed by atoms with van der Waals surface area (Å²) in [5, 5.41) is 14.9. The Bertz CT molecular complexity index is 893. The van der Waals surface area contributed by atoms with Crippen molar-refractivity contribution in [3.05, 3.63) is 69.8 Å². The number of ether oxygens (including phenoxy) is 2. The van der Waals surface area contributed by atoms with Crippen molar-refractivity contribution in [1.82, 2.24) is 0 Å². The molecule has 0 amide bonds. The minimum atomic E-state index is -0.370. The number of methoxy groups -OCH3 is 2. The Morgan fingerprint density at radius 3 is 2.77 bits per heavy atom. The van der Waals surface area contributed by atoms with Crippen molar-refractivity contribution in [2.75, 3.05) is 19.5 Å².